The second-order valence-electron chi connectivity index (χ2n) is 8.64. The van der Waals surface area contributed by atoms with E-state index in [1.165, 1.54) is 6.07 Å². The van der Waals surface area contributed by atoms with Crippen molar-refractivity contribution in [2.24, 2.45) is 5.92 Å². The molecule has 0 saturated heterocycles. The Kier molecular flexibility index (Phi) is 6.06. The van der Waals surface area contributed by atoms with Crippen LogP contribution in [0.2, 0.25) is 0 Å². The Morgan fingerprint density at radius 3 is 2.17 bits per heavy atom. The van der Waals surface area contributed by atoms with Gasteiger partial charge in [-0.2, -0.15) is 0 Å². The summed E-state index contributed by atoms with van der Waals surface area (Å²) in [7, 11) is 0. The summed E-state index contributed by atoms with van der Waals surface area (Å²) < 4.78 is 5.59. The van der Waals surface area contributed by atoms with Gasteiger partial charge in [-0.3, -0.25) is 4.79 Å². The van der Waals surface area contributed by atoms with Crippen molar-refractivity contribution in [1.82, 2.24) is 5.32 Å². The lowest BCUT2D eigenvalue weighted by Crippen LogP contribution is -2.35. The number of amides is 2. The number of aromatic carboxylic acids is 1. The average molecular weight is 469 g/mol. The van der Waals surface area contributed by atoms with Crippen LogP contribution in [0, 0.1) is 5.92 Å². The van der Waals surface area contributed by atoms with Crippen molar-refractivity contribution in [3.8, 4) is 11.1 Å². The van der Waals surface area contributed by atoms with Crippen LogP contribution in [0.25, 0.3) is 11.1 Å². The minimum absolute atomic E-state index is 0.0242. The van der Waals surface area contributed by atoms with Gasteiger partial charge < -0.3 is 20.5 Å². The van der Waals surface area contributed by atoms with Crippen LogP contribution in [-0.2, 0) is 9.53 Å². The van der Waals surface area contributed by atoms with Gasteiger partial charge in [0.15, 0.2) is 0 Å². The Morgan fingerprint density at radius 1 is 0.857 bits per heavy atom. The number of benzene rings is 3. The molecule has 5 rings (SSSR count). The van der Waals surface area contributed by atoms with Gasteiger partial charge in [0.25, 0.3) is 0 Å². The average Bonchev–Trinajstić information content (AvgIpc) is 3.46. The molecule has 0 spiro atoms. The molecule has 3 aromatic carbocycles. The molecule has 0 heterocycles. The number of carbonyl (C=O) groups excluding carboxylic acids is 2. The molecule has 2 atom stereocenters. The van der Waals surface area contributed by atoms with E-state index < -0.39 is 18.0 Å². The molecule has 2 aliphatic carbocycles. The summed E-state index contributed by atoms with van der Waals surface area (Å²) in [6.45, 7) is 0.214. The minimum atomic E-state index is -1.11. The van der Waals surface area contributed by atoms with Crippen molar-refractivity contribution in [1.29, 1.82) is 0 Å². The third-order valence-corrected chi connectivity index (χ3v) is 6.48. The molecular weight excluding hydrogens is 444 g/mol. The molecule has 0 bridgehead atoms. The van der Waals surface area contributed by atoms with Crippen LogP contribution >= 0.6 is 0 Å². The van der Waals surface area contributed by atoms with Gasteiger partial charge in [-0.25, -0.2) is 9.59 Å². The normalized spacial score (nSPS) is 17.9. The smallest absolute Gasteiger partial charge is 0.407 e. The number of nitrogens with one attached hydrogen (secondary N) is 2. The number of hydrogen-bond donors (Lipinski definition) is 3. The largest absolute Gasteiger partial charge is 0.478 e. The predicted octanol–water partition coefficient (Wildman–Crippen LogP) is 4.81. The molecule has 176 valence electrons. The van der Waals surface area contributed by atoms with Gasteiger partial charge in [-0.15, -0.1) is 0 Å². The van der Waals surface area contributed by atoms with E-state index in [0.29, 0.717) is 6.42 Å². The summed E-state index contributed by atoms with van der Waals surface area (Å²) in [6.07, 6.45) is 3.30. The quantitative estimate of drug-likeness (QED) is 0.451. The van der Waals surface area contributed by atoms with Crippen LogP contribution in [0.1, 0.15) is 33.8 Å². The first-order valence-corrected chi connectivity index (χ1v) is 11.4. The number of carboxylic acids is 1. The van der Waals surface area contributed by atoms with Crippen molar-refractivity contribution < 1.29 is 24.2 Å². The van der Waals surface area contributed by atoms with Crippen LogP contribution in [0.4, 0.5) is 10.5 Å². The zero-order valence-electron chi connectivity index (χ0n) is 18.8. The molecule has 0 aromatic heterocycles. The number of hydrogen-bond acceptors (Lipinski definition) is 4. The number of fused-ring (bicyclic) bond motifs is 3. The highest BCUT2D eigenvalue weighted by Crippen LogP contribution is 2.44. The molecule has 3 N–H and O–H groups in total. The van der Waals surface area contributed by atoms with E-state index in [2.05, 4.69) is 34.9 Å². The van der Waals surface area contributed by atoms with Gasteiger partial charge >= 0.3 is 12.1 Å². The van der Waals surface area contributed by atoms with E-state index in [4.69, 9.17) is 4.74 Å². The van der Waals surface area contributed by atoms with Crippen molar-refractivity contribution >= 4 is 23.7 Å². The van der Waals surface area contributed by atoms with Crippen molar-refractivity contribution in [3.05, 3.63) is 102 Å². The molecule has 2 aliphatic rings. The second-order valence-corrected chi connectivity index (χ2v) is 8.64. The molecule has 0 radical (unpaired) electrons. The topological polar surface area (TPSA) is 105 Å². The maximum Gasteiger partial charge on any atom is 0.407 e. The number of anilines is 1. The van der Waals surface area contributed by atoms with Gasteiger partial charge in [-0.05, 0) is 40.8 Å². The number of para-hydroxylation sites is 1. The standard InChI is InChI=1S/C28H24N2O5/c31-26(30-25-12-6-5-11-23(25)27(32)33)17-13-14-18(15-17)29-28(34)35-16-24-21-9-3-1-7-19(21)20-8-2-4-10-22(20)24/h1-14,17-18,24H,15-16H2,(H,29,34)(H,30,31)(H,32,33). The summed E-state index contributed by atoms with van der Waals surface area (Å²) >= 11 is 0. The lowest BCUT2D eigenvalue weighted by Gasteiger charge is -2.17. The highest BCUT2D eigenvalue weighted by molar-refractivity contribution is 6.01. The fraction of sp³-hybridized carbons (Fsp3) is 0.179. The highest BCUT2D eigenvalue weighted by Gasteiger charge is 2.30. The molecule has 0 saturated carbocycles. The SMILES string of the molecule is O=C(NC1C=CC(C(=O)Nc2ccccc2C(=O)O)C1)OCC1c2ccccc2-c2ccccc21. The van der Waals surface area contributed by atoms with E-state index in [1.54, 1.807) is 30.4 Å². The molecule has 3 aromatic rings. The van der Waals surface area contributed by atoms with Crippen LogP contribution < -0.4 is 10.6 Å². The van der Waals surface area contributed by atoms with E-state index in [-0.39, 0.29) is 35.7 Å². The number of carbonyl (C=O) groups is 3. The molecule has 7 nitrogen and oxygen atoms in total. The zero-order valence-corrected chi connectivity index (χ0v) is 18.8. The van der Waals surface area contributed by atoms with Gasteiger partial charge in [-0.1, -0.05) is 72.8 Å². The third-order valence-electron chi connectivity index (χ3n) is 6.48. The van der Waals surface area contributed by atoms with Crippen LogP contribution in [0.3, 0.4) is 0 Å². The molecule has 2 amide bonds. The van der Waals surface area contributed by atoms with Gasteiger partial charge in [0.2, 0.25) is 5.91 Å². The Hall–Kier alpha value is -4.39. The van der Waals surface area contributed by atoms with E-state index in [0.717, 1.165) is 22.3 Å². The first-order valence-electron chi connectivity index (χ1n) is 11.4. The summed E-state index contributed by atoms with van der Waals surface area (Å²) in [5.41, 5.74) is 4.87. The first kappa shape index (κ1) is 22.4. The van der Waals surface area contributed by atoms with E-state index in [1.807, 2.05) is 24.3 Å². The van der Waals surface area contributed by atoms with Crippen LogP contribution in [0.5, 0.6) is 0 Å². The summed E-state index contributed by atoms with van der Waals surface area (Å²) in [5.74, 6) is -1.96. The van der Waals surface area contributed by atoms with Crippen LogP contribution in [0.15, 0.2) is 84.9 Å². The Balaban J connectivity index is 1.16. The Labute approximate surface area is 202 Å². The monoisotopic (exact) mass is 468 g/mol. The maximum absolute atomic E-state index is 12.7. The summed E-state index contributed by atoms with van der Waals surface area (Å²) in [4.78, 5) is 36.6. The van der Waals surface area contributed by atoms with Crippen molar-refractivity contribution in [3.63, 3.8) is 0 Å². The molecular formula is C28H24N2O5. The number of rotatable bonds is 6. The Bertz CT molecular complexity index is 1290. The van der Waals surface area contributed by atoms with E-state index in [9.17, 15) is 19.5 Å². The summed E-state index contributed by atoms with van der Waals surface area (Å²) in [6, 6.07) is 22.2. The molecule has 7 heteroatoms. The second kappa shape index (κ2) is 9.46. The van der Waals surface area contributed by atoms with Crippen LogP contribution in [-0.4, -0.2) is 35.7 Å². The number of carboxylic acid groups (broad SMARTS) is 1. The fourth-order valence-electron chi connectivity index (χ4n) is 4.80. The fourth-order valence-corrected chi connectivity index (χ4v) is 4.80. The van der Waals surface area contributed by atoms with Crippen molar-refractivity contribution in [2.45, 2.75) is 18.4 Å². The van der Waals surface area contributed by atoms with Crippen molar-refractivity contribution in [2.75, 3.05) is 11.9 Å². The van der Waals surface area contributed by atoms with E-state index >= 15 is 0 Å². The van der Waals surface area contributed by atoms with Gasteiger partial charge in [0.1, 0.15) is 6.61 Å². The van der Waals surface area contributed by atoms with Gasteiger partial charge in [0.05, 0.1) is 23.2 Å². The molecule has 0 fully saturated rings. The molecule has 35 heavy (non-hydrogen) atoms. The maximum atomic E-state index is 12.7. The lowest BCUT2D eigenvalue weighted by atomic mass is 9.98. The number of alkyl carbamates (subject to hydrolysis) is 1. The third kappa shape index (κ3) is 4.53. The van der Waals surface area contributed by atoms with Gasteiger partial charge in [0, 0.05) is 5.92 Å². The lowest BCUT2D eigenvalue weighted by molar-refractivity contribution is -0.118. The molecule has 0 aliphatic heterocycles. The number of ether oxygens (including phenoxy) is 1. The molecule has 2 unspecified atom stereocenters. The Morgan fingerprint density at radius 2 is 1.49 bits per heavy atom. The zero-order chi connectivity index (χ0) is 24.4. The summed E-state index contributed by atoms with van der Waals surface area (Å²) in [5, 5.41) is 14.8. The minimum Gasteiger partial charge on any atom is -0.478 e. The predicted molar refractivity (Wildman–Crippen MR) is 131 cm³/mol. The highest BCUT2D eigenvalue weighted by atomic mass is 16.5. The first-order chi connectivity index (χ1) is 17.0.